The quantitative estimate of drug-likeness (QED) is 0.898. The summed E-state index contributed by atoms with van der Waals surface area (Å²) in [7, 11) is -2.89. The first-order valence-electron chi connectivity index (χ1n) is 7.59. The van der Waals surface area contributed by atoms with Gasteiger partial charge in [0.05, 0.1) is 11.5 Å². The number of anilines is 1. The van der Waals surface area contributed by atoms with Crippen molar-refractivity contribution < 1.29 is 8.42 Å². The highest BCUT2D eigenvalue weighted by molar-refractivity contribution is 7.91. The molecule has 0 spiro atoms. The molecule has 0 aliphatic carbocycles. The van der Waals surface area contributed by atoms with Gasteiger partial charge in [0, 0.05) is 24.8 Å². The Bertz CT molecular complexity index is 574. The van der Waals surface area contributed by atoms with Crippen molar-refractivity contribution in [1.29, 1.82) is 0 Å². The lowest BCUT2D eigenvalue weighted by Gasteiger charge is -2.34. The van der Waals surface area contributed by atoms with Crippen molar-refractivity contribution in [2.75, 3.05) is 29.5 Å². The molecule has 1 aromatic heterocycles. The predicted molar refractivity (Wildman–Crippen MR) is 86.4 cm³/mol. The Morgan fingerprint density at radius 3 is 2.95 bits per heavy atom. The molecule has 5 nitrogen and oxygen atoms in total. The van der Waals surface area contributed by atoms with Crippen LogP contribution in [0.2, 0.25) is 0 Å². The first-order valence-corrected chi connectivity index (χ1v) is 9.41. The first kappa shape index (κ1) is 16.2. The van der Waals surface area contributed by atoms with E-state index in [0.29, 0.717) is 6.54 Å². The molecule has 21 heavy (non-hydrogen) atoms. The molecule has 0 aromatic carbocycles. The predicted octanol–water partition coefficient (Wildman–Crippen LogP) is 1.77. The number of sulfone groups is 1. The van der Waals surface area contributed by atoms with Gasteiger partial charge in [-0.1, -0.05) is 6.92 Å². The minimum Gasteiger partial charge on any atom is -0.352 e. The van der Waals surface area contributed by atoms with Gasteiger partial charge in [0.1, 0.15) is 5.82 Å². The van der Waals surface area contributed by atoms with E-state index in [-0.39, 0.29) is 23.6 Å². The van der Waals surface area contributed by atoms with E-state index in [1.807, 2.05) is 19.2 Å². The highest BCUT2D eigenvalue weighted by atomic mass is 32.2. The van der Waals surface area contributed by atoms with E-state index >= 15 is 0 Å². The minimum atomic E-state index is -2.89. The van der Waals surface area contributed by atoms with Crippen LogP contribution in [0.3, 0.4) is 0 Å². The Morgan fingerprint density at radius 2 is 2.29 bits per heavy atom. The minimum absolute atomic E-state index is 0.0228. The van der Waals surface area contributed by atoms with E-state index in [0.717, 1.165) is 18.8 Å². The van der Waals surface area contributed by atoms with Crippen LogP contribution in [-0.4, -0.2) is 44.0 Å². The number of rotatable bonds is 5. The second-order valence-corrected chi connectivity index (χ2v) is 8.01. The monoisotopic (exact) mass is 311 g/mol. The third-order valence-electron chi connectivity index (χ3n) is 3.93. The second kappa shape index (κ2) is 6.75. The Labute approximate surface area is 127 Å². The van der Waals surface area contributed by atoms with Crippen LogP contribution in [0.5, 0.6) is 0 Å². The molecule has 1 N–H and O–H groups in total. The van der Waals surface area contributed by atoms with Gasteiger partial charge in [-0.25, -0.2) is 13.4 Å². The first-order chi connectivity index (χ1) is 9.93. The molecule has 6 heteroatoms. The largest absolute Gasteiger partial charge is 0.352 e. The molecule has 1 saturated heterocycles. The molecule has 2 heterocycles. The summed E-state index contributed by atoms with van der Waals surface area (Å²) in [6.07, 6.45) is 2.91. The standard InChI is InChI=1S/C15H25N3O2S/c1-4-6-16-13(3)14-5-7-17-15(10-14)18-8-9-21(19,20)11-12(18)2/h5,7,10,12-13,16H,4,6,8-9,11H2,1-3H3. The van der Waals surface area contributed by atoms with Gasteiger partial charge >= 0.3 is 0 Å². The topological polar surface area (TPSA) is 62.3 Å². The van der Waals surface area contributed by atoms with Crippen LogP contribution < -0.4 is 10.2 Å². The molecule has 2 atom stereocenters. The molecule has 1 aromatic rings. The molecule has 1 aliphatic rings. The van der Waals surface area contributed by atoms with E-state index in [1.54, 1.807) is 0 Å². The highest BCUT2D eigenvalue weighted by Gasteiger charge is 2.29. The summed E-state index contributed by atoms with van der Waals surface area (Å²) in [5.74, 6) is 1.30. The lowest BCUT2D eigenvalue weighted by Crippen LogP contribution is -2.47. The van der Waals surface area contributed by atoms with E-state index in [1.165, 1.54) is 5.56 Å². The fourth-order valence-electron chi connectivity index (χ4n) is 2.68. The van der Waals surface area contributed by atoms with E-state index < -0.39 is 9.84 Å². The normalized spacial score (nSPS) is 23.0. The fraction of sp³-hybridized carbons (Fsp3) is 0.667. The summed E-state index contributed by atoms with van der Waals surface area (Å²) in [4.78, 5) is 6.52. The number of pyridine rings is 1. The number of hydrogen-bond donors (Lipinski definition) is 1. The number of aromatic nitrogens is 1. The maximum atomic E-state index is 11.7. The van der Waals surface area contributed by atoms with Crippen molar-refractivity contribution in [2.45, 2.75) is 39.3 Å². The van der Waals surface area contributed by atoms with Gasteiger partial charge in [-0.3, -0.25) is 0 Å². The van der Waals surface area contributed by atoms with Crippen LogP contribution in [0.25, 0.3) is 0 Å². The molecule has 0 radical (unpaired) electrons. The Kier molecular flexibility index (Phi) is 5.22. The summed E-state index contributed by atoms with van der Waals surface area (Å²) in [5.41, 5.74) is 1.19. The van der Waals surface area contributed by atoms with E-state index in [9.17, 15) is 8.42 Å². The average molecular weight is 311 g/mol. The van der Waals surface area contributed by atoms with Gasteiger partial charge in [0.15, 0.2) is 9.84 Å². The van der Waals surface area contributed by atoms with Crippen molar-refractivity contribution in [3.63, 3.8) is 0 Å². The molecule has 2 unspecified atom stereocenters. The van der Waals surface area contributed by atoms with Crippen molar-refractivity contribution >= 4 is 15.7 Å². The third-order valence-corrected chi connectivity index (χ3v) is 5.73. The lowest BCUT2D eigenvalue weighted by molar-refractivity contribution is 0.562. The van der Waals surface area contributed by atoms with Gasteiger partial charge in [0.25, 0.3) is 0 Å². The molecule has 1 aliphatic heterocycles. The third kappa shape index (κ3) is 4.17. The zero-order valence-electron chi connectivity index (χ0n) is 13.0. The number of nitrogens with zero attached hydrogens (tertiary/aromatic N) is 2. The van der Waals surface area contributed by atoms with Crippen LogP contribution in [0.4, 0.5) is 5.82 Å². The smallest absolute Gasteiger partial charge is 0.154 e. The van der Waals surface area contributed by atoms with Gasteiger partial charge < -0.3 is 10.2 Å². The molecule has 0 bridgehead atoms. The Hall–Kier alpha value is -1.14. The van der Waals surface area contributed by atoms with Gasteiger partial charge in [-0.05, 0) is 44.5 Å². The zero-order chi connectivity index (χ0) is 15.5. The fourth-order valence-corrected chi connectivity index (χ4v) is 4.23. The molecular weight excluding hydrogens is 286 g/mol. The summed E-state index contributed by atoms with van der Waals surface area (Å²) < 4.78 is 23.3. The molecular formula is C15H25N3O2S. The summed E-state index contributed by atoms with van der Waals surface area (Å²) in [6.45, 7) is 7.74. The lowest BCUT2D eigenvalue weighted by atomic mass is 10.1. The van der Waals surface area contributed by atoms with Crippen LogP contribution in [0.15, 0.2) is 18.3 Å². The Balaban J connectivity index is 2.14. The van der Waals surface area contributed by atoms with Crippen molar-refractivity contribution in [3.8, 4) is 0 Å². The highest BCUT2D eigenvalue weighted by Crippen LogP contribution is 2.22. The SMILES string of the molecule is CCCNC(C)c1ccnc(N2CCS(=O)(=O)CC2C)c1. The zero-order valence-corrected chi connectivity index (χ0v) is 13.9. The van der Waals surface area contributed by atoms with Crippen LogP contribution in [0, 0.1) is 0 Å². The molecule has 0 saturated carbocycles. The summed E-state index contributed by atoms with van der Waals surface area (Å²) in [5, 5.41) is 3.46. The van der Waals surface area contributed by atoms with Gasteiger partial charge in [0.2, 0.25) is 0 Å². The Morgan fingerprint density at radius 1 is 1.52 bits per heavy atom. The van der Waals surface area contributed by atoms with Crippen LogP contribution in [0.1, 0.15) is 38.8 Å². The second-order valence-electron chi connectivity index (χ2n) is 5.78. The van der Waals surface area contributed by atoms with Crippen LogP contribution in [-0.2, 0) is 9.84 Å². The molecule has 118 valence electrons. The van der Waals surface area contributed by atoms with Gasteiger partial charge in [-0.15, -0.1) is 0 Å². The molecule has 1 fully saturated rings. The van der Waals surface area contributed by atoms with Gasteiger partial charge in [-0.2, -0.15) is 0 Å². The van der Waals surface area contributed by atoms with Crippen molar-refractivity contribution in [1.82, 2.24) is 10.3 Å². The average Bonchev–Trinajstić information content (AvgIpc) is 2.44. The van der Waals surface area contributed by atoms with Crippen molar-refractivity contribution in [2.24, 2.45) is 0 Å². The maximum Gasteiger partial charge on any atom is 0.154 e. The van der Waals surface area contributed by atoms with Crippen LogP contribution >= 0.6 is 0 Å². The maximum absolute atomic E-state index is 11.7. The molecule has 0 amide bonds. The summed E-state index contributed by atoms with van der Waals surface area (Å²) >= 11 is 0. The summed E-state index contributed by atoms with van der Waals surface area (Å²) in [6, 6.07) is 4.34. The van der Waals surface area contributed by atoms with E-state index in [4.69, 9.17) is 0 Å². The van der Waals surface area contributed by atoms with Crippen molar-refractivity contribution in [3.05, 3.63) is 23.9 Å². The molecule has 2 rings (SSSR count). The number of nitrogens with one attached hydrogen (secondary N) is 1. The number of hydrogen-bond acceptors (Lipinski definition) is 5. The van der Waals surface area contributed by atoms with E-state index in [2.05, 4.69) is 35.1 Å².